The molecule has 172 valence electrons. The number of fused-ring (bicyclic) bond motifs is 1. The first-order valence-electron chi connectivity index (χ1n) is 9.93. The second kappa shape index (κ2) is 8.50. The van der Waals surface area contributed by atoms with E-state index in [1.807, 2.05) is 6.92 Å². The average molecular weight is 488 g/mol. The van der Waals surface area contributed by atoms with E-state index in [1.165, 1.54) is 36.4 Å². The highest BCUT2D eigenvalue weighted by atomic mass is 32.2. The van der Waals surface area contributed by atoms with E-state index >= 15 is 0 Å². The summed E-state index contributed by atoms with van der Waals surface area (Å²) in [5, 5.41) is 7.82. The smallest absolute Gasteiger partial charge is 0.265 e. The van der Waals surface area contributed by atoms with Crippen LogP contribution in [0.1, 0.15) is 18.5 Å². The summed E-state index contributed by atoms with van der Waals surface area (Å²) in [6, 6.07) is 16.7. The molecule has 1 heterocycles. The van der Waals surface area contributed by atoms with E-state index < -0.39 is 32.0 Å². The van der Waals surface area contributed by atoms with Crippen LogP contribution >= 0.6 is 0 Å². The molecule has 1 aliphatic heterocycles. The number of anilines is 2. The van der Waals surface area contributed by atoms with Crippen molar-refractivity contribution < 1.29 is 26.4 Å². The number of sulfonamides is 2. The lowest BCUT2D eigenvalue weighted by molar-refractivity contribution is -0.117. The molecule has 0 saturated heterocycles. The van der Waals surface area contributed by atoms with Gasteiger partial charge in [0.2, 0.25) is 10.0 Å². The van der Waals surface area contributed by atoms with Crippen molar-refractivity contribution in [1.82, 2.24) is 0 Å². The third kappa shape index (κ3) is 4.30. The zero-order chi connectivity index (χ0) is 23.8. The topological polar surface area (TPSA) is 136 Å². The van der Waals surface area contributed by atoms with Crippen molar-refractivity contribution in [3.05, 3.63) is 78.4 Å². The van der Waals surface area contributed by atoms with Crippen LogP contribution in [0.3, 0.4) is 0 Å². The lowest BCUT2D eigenvalue weighted by atomic mass is 10.0. The third-order valence-electron chi connectivity index (χ3n) is 5.08. The number of hydrogen-bond donors (Lipinski definition) is 2. The van der Waals surface area contributed by atoms with Gasteiger partial charge in [-0.3, -0.25) is 4.79 Å². The minimum atomic E-state index is -4.25. The number of nitrogens with one attached hydrogen (secondary N) is 1. The fraction of sp³-hybridized carbons (Fsp3) is 0.136. The molecule has 33 heavy (non-hydrogen) atoms. The molecule has 0 aliphatic carbocycles. The number of carbonyl (C=O) groups excluding carboxylic acids is 1. The Hall–Kier alpha value is -3.41. The van der Waals surface area contributed by atoms with Gasteiger partial charge in [0.25, 0.3) is 15.9 Å². The van der Waals surface area contributed by atoms with Crippen LogP contribution < -0.4 is 19.5 Å². The third-order valence-corrected chi connectivity index (χ3v) is 7.79. The van der Waals surface area contributed by atoms with Gasteiger partial charge in [0.15, 0.2) is 0 Å². The molecule has 0 radical (unpaired) electrons. The summed E-state index contributed by atoms with van der Waals surface area (Å²) in [4.78, 5) is 12.8. The Morgan fingerprint density at radius 2 is 1.58 bits per heavy atom. The molecule has 3 N–H and O–H groups in total. The van der Waals surface area contributed by atoms with Gasteiger partial charge in [-0.05, 0) is 55.0 Å². The summed E-state index contributed by atoms with van der Waals surface area (Å²) in [7, 11) is -8.32. The highest BCUT2D eigenvalue weighted by Gasteiger charge is 2.42. The first kappa shape index (κ1) is 22.8. The first-order chi connectivity index (χ1) is 15.6. The second-order valence-corrected chi connectivity index (χ2v) is 10.6. The second-order valence-electron chi connectivity index (χ2n) is 7.23. The number of benzene rings is 3. The maximum atomic E-state index is 13.8. The van der Waals surface area contributed by atoms with Crippen LogP contribution in [0, 0.1) is 0 Å². The minimum Gasteiger partial charge on any atom is -0.494 e. The minimum absolute atomic E-state index is 0.0215. The summed E-state index contributed by atoms with van der Waals surface area (Å²) in [6.07, 6.45) is 0. The van der Waals surface area contributed by atoms with E-state index in [0.29, 0.717) is 17.9 Å². The van der Waals surface area contributed by atoms with Gasteiger partial charge in [-0.1, -0.05) is 30.3 Å². The monoisotopic (exact) mass is 487 g/mol. The number of nitrogens with zero attached hydrogens (tertiary/aromatic N) is 1. The van der Waals surface area contributed by atoms with Crippen LogP contribution in [-0.4, -0.2) is 29.3 Å². The van der Waals surface area contributed by atoms with E-state index in [-0.39, 0.29) is 21.2 Å². The molecule has 11 heteroatoms. The van der Waals surface area contributed by atoms with Gasteiger partial charge in [-0.2, -0.15) is 0 Å². The zero-order valence-corrected chi connectivity index (χ0v) is 19.1. The normalized spacial score (nSPS) is 16.1. The molecule has 1 aliphatic rings. The van der Waals surface area contributed by atoms with Gasteiger partial charge in [-0.15, -0.1) is 0 Å². The molecule has 1 atom stereocenters. The number of primary sulfonamides is 1. The Labute approximate surface area is 191 Å². The maximum Gasteiger partial charge on any atom is 0.265 e. The highest BCUT2D eigenvalue weighted by Crippen LogP contribution is 2.43. The molecular weight excluding hydrogens is 466 g/mol. The Bertz CT molecular complexity index is 1410. The van der Waals surface area contributed by atoms with Crippen LogP contribution in [0.15, 0.2) is 82.6 Å². The van der Waals surface area contributed by atoms with Crippen molar-refractivity contribution in [3.63, 3.8) is 0 Å². The molecule has 0 saturated carbocycles. The van der Waals surface area contributed by atoms with Crippen LogP contribution in [0.4, 0.5) is 11.4 Å². The van der Waals surface area contributed by atoms with Crippen LogP contribution in [-0.2, 0) is 24.8 Å². The zero-order valence-electron chi connectivity index (χ0n) is 17.5. The maximum absolute atomic E-state index is 13.8. The van der Waals surface area contributed by atoms with E-state index in [9.17, 15) is 21.6 Å². The summed E-state index contributed by atoms with van der Waals surface area (Å²) >= 11 is 0. The van der Waals surface area contributed by atoms with Gasteiger partial charge >= 0.3 is 0 Å². The molecule has 9 nitrogen and oxygen atoms in total. The van der Waals surface area contributed by atoms with Gasteiger partial charge in [-0.25, -0.2) is 26.3 Å². The Morgan fingerprint density at radius 1 is 0.939 bits per heavy atom. The molecule has 1 unspecified atom stereocenters. The SMILES string of the molecule is CCOc1ccc(S(=O)(=O)N2c3ccc(S(N)(=O)=O)cc3NC(=O)C2c2ccccc2)cc1. The van der Waals surface area contributed by atoms with Gasteiger partial charge in [0, 0.05) is 0 Å². The lowest BCUT2D eigenvalue weighted by Crippen LogP contribution is -2.45. The van der Waals surface area contributed by atoms with Crippen molar-refractivity contribution in [2.75, 3.05) is 16.2 Å². The van der Waals surface area contributed by atoms with Crippen LogP contribution in [0.5, 0.6) is 5.75 Å². The molecule has 0 bridgehead atoms. The number of nitrogens with two attached hydrogens (primary N) is 1. The number of carbonyl (C=O) groups is 1. The first-order valence-corrected chi connectivity index (χ1v) is 12.9. The van der Waals surface area contributed by atoms with E-state index in [0.717, 1.165) is 10.4 Å². The van der Waals surface area contributed by atoms with Gasteiger partial charge < -0.3 is 10.1 Å². The molecule has 3 aromatic carbocycles. The fourth-order valence-electron chi connectivity index (χ4n) is 3.61. The van der Waals surface area contributed by atoms with Crippen molar-refractivity contribution in [3.8, 4) is 5.75 Å². The molecule has 0 fully saturated rings. The molecule has 3 aromatic rings. The number of amides is 1. The van der Waals surface area contributed by atoms with Crippen molar-refractivity contribution in [2.24, 2.45) is 5.14 Å². The van der Waals surface area contributed by atoms with E-state index in [2.05, 4.69) is 5.32 Å². The Kier molecular flexibility index (Phi) is 5.87. The Morgan fingerprint density at radius 3 is 2.18 bits per heavy atom. The summed E-state index contributed by atoms with van der Waals surface area (Å²) in [5.74, 6) is -0.125. The van der Waals surface area contributed by atoms with Crippen molar-refractivity contribution >= 4 is 37.3 Å². The summed E-state index contributed by atoms with van der Waals surface area (Å²) < 4.78 is 57.6. The Balaban J connectivity index is 1.91. The van der Waals surface area contributed by atoms with Crippen molar-refractivity contribution in [1.29, 1.82) is 0 Å². The summed E-state index contributed by atoms with van der Waals surface area (Å²) in [5.41, 5.74) is 0.587. The summed E-state index contributed by atoms with van der Waals surface area (Å²) in [6.45, 7) is 2.24. The van der Waals surface area contributed by atoms with Crippen LogP contribution in [0.25, 0.3) is 0 Å². The molecular formula is C22H21N3O6S2. The fourth-order valence-corrected chi connectivity index (χ4v) is 5.77. The number of ether oxygens (including phenoxy) is 1. The van der Waals surface area contributed by atoms with E-state index in [4.69, 9.17) is 9.88 Å². The van der Waals surface area contributed by atoms with Crippen LogP contribution in [0.2, 0.25) is 0 Å². The predicted molar refractivity (Wildman–Crippen MR) is 123 cm³/mol. The highest BCUT2D eigenvalue weighted by molar-refractivity contribution is 7.93. The van der Waals surface area contributed by atoms with Gasteiger partial charge in [0.05, 0.1) is 27.8 Å². The number of rotatable bonds is 6. The number of hydrogen-bond acceptors (Lipinski definition) is 6. The standard InChI is InChI=1S/C22H21N3O6S2/c1-2-31-16-8-10-17(11-9-16)33(29,30)25-20-13-12-18(32(23,27)28)14-19(20)24-22(26)21(25)15-6-4-3-5-7-15/h3-14,21H,2H2,1H3,(H,24,26)(H2,23,27,28). The largest absolute Gasteiger partial charge is 0.494 e. The quantitative estimate of drug-likeness (QED) is 0.549. The molecule has 0 spiro atoms. The molecule has 4 rings (SSSR count). The van der Waals surface area contributed by atoms with Crippen molar-refractivity contribution in [2.45, 2.75) is 22.8 Å². The predicted octanol–water partition coefficient (Wildman–Crippen LogP) is 2.62. The lowest BCUT2D eigenvalue weighted by Gasteiger charge is -2.37. The molecule has 0 aromatic heterocycles. The molecule has 1 amide bonds. The average Bonchev–Trinajstić information content (AvgIpc) is 2.78. The van der Waals surface area contributed by atoms with Gasteiger partial charge in [0.1, 0.15) is 11.8 Å². The van der Waals surface area contributed by atoms with E-state index in [1.54, 1.807) is 30.3 Å².